The van der Waals surface area contributed by atoms with Crippen molar-refractivity contribution in [1.29, 1.82) is 0 Å². The predicted octanol–water partition coefficient (Wildman–Crippen LogP) is 0.869. The molecule has 2 rings (SSSR count). The SMILES string of the molecule is O=C1CCC(=O)N1C[C@@H](O)c1ccccc1. The number of hydrogen-bond acceptors (Lipinski definition) is 3. The van der Waals surface area contributed by atoms with Gasteiger partial charge in [-0.1, -0.05) is 30.3 Å². The lowest BCUT2D eigenvalue weighted by atomic mass is 10.1. The third kappa shape index (κ3) is 2.12. The van der Waals surface area contributed by atoms with Crippen LogP contribution in [-0.2, 0) is 9.59 Å². The van der Waals surface area contributed by atoms with E-state index in [1.165, 1.54) is 0 Å². The van der Waals surface area contributed by atoms with Crippen LogP contribution in [0.4, 0.5) is 0 Å². The van der Waals surface area contributed by atoms with Gasteiger partial charge in [0.1, 0.15) is 0 Å². The summed E-state index contributed by atoms with van der Waals surface area (Å²) in [7, 11) is 0. The lowest BCUT2D eigenvalue weighted by molar-refractivity contribution is -0.140. The average Bonchev–Trinajstić information content (AvgIpc) is 2.62. The fourth-order valence-electron chi connectivity index (χ4n) is 1.78. The predicted molar refractivity (Wildman–Crippen MR) is 57.4 cm³/mol. The van der Waals surface area contributed by atoms with Gasteiger partial charge >= 0.3 is 0 Å². The minimum absolute atomic E-state index is 0.0572. The topological polar surface area (TPSA) is 57.6 Å². The molecule has 2 amide bonds. The van der Waals surface area contributed by atoms with Crippen molar-refractivity contribution in [3.63, 3.8) is 0 Å². The molecule has 0 saturated carbocycles. The highest BCUT2D eigenvalue weighted by Crippen LogP contribution is 2.18. The zero-order chi connectivity index (χ0) is 11.5. The Morgan fingerprint density at radius 2 is 1.69 bits per heavy atom. The Morgan fingerprint density at radius 3 is 2.25 bits per heavy atom. The molecular weight excluding hydrogens is 206 g/mol. The summed E-state index contributed by atoms with van der Waals surface area (Å²) in [4.78, 5) is 23.8. The van der Waals surface area contributed by atoms with Crippen LogP contribution in [0.5, 0.6) is 0 Å². The van der Waals surface area contributed by atoms with Crippen molar-refractivity contribution in [2.24, 2.45) is 0 Å². The van der Waals surface area contributed by atoms with Gasteiger partial charge in [-0.2, -0.15) is 0 Å². The Balaban J connectivity index is 2.05. The van der Waals surface area contributed by atoms with E-state index in [4.69, 9.17) is 0 Å². The summed E-state index contributed by atoms with van der Waals surface area (Å²) in [5.74, 6) is -0.389. The molecule has 0 radical (unpaired) electrons. The van der Waals surface area contributed by atoms with Gasteiger partial charge in [-0.15, -0.1) is 0 Å². The quantitative estimate of drug-likeness (QED) is 0.767. The van der Waals surface area contributed by atoms with Crippen molar-refractivity contribution >= 4 is 11.8 Å². The Labute approximate surface area is 93.5 Å². The van der Waals surface area contributed by atoms with Gasteiger partial charge in [0.15, 0.2) is 0 Å². The lowest BCUT2D eigenvalue weighted by Gasteiger charge is -2.18. The number of benzene rings is 1. The Kier molecular flexibility index (Phi) is 3.01. The van der Waals surface area contributed by atoms with Crippen molar-refractivity contribution in [1.82, 2.24) is 4.90 Å². The third-order valence-electron chi connectivity index (χ3n) is 2.69. The molecule has 1 aromatic rings. The van der Waals surface area contributed by atoms with Gasteiger partial charge in [0, 0.05) is 12.8 Å². The monoisotopic (exact) mass is 219 g/mol. The molecule has 4 heteroatoms. The van der Waals surface area contributed by atoms with Crippen molar-refractivity contribution < 1.29 is 14.7 Å². The summed E-state index contributed by atoms with van der Waals surface area (Å²) in [5.41, 5.74) is 0.718. The zero-order valence-electron chi connectivity index (χ0n) is 8.80. The second-order valence-electron chi connectivity index (χ2n) is 3.82. The van der Waals surface area contributed by atoms with Crippen LogP contribution < -0.4 is 0 Å². The first-order valence-electron chi connectivity index (χ1n) is 5.24. The molecule has 1 aromatic carbocycles. The van der Waals surface area contributed by atoms with E-state index in [1.54, 1.807) is 12.1 Å². The fraction of sp³-hybridized carbons (Fsp3) is 0.333. The number of rotatable bonds is 3. The number of hydrogen-bond donors (Lipinski definition) is 1. The van der Waals surface area contributed by atoms with Gasteiger partial charge < -0.3 is 5.11 Å². The fourth-order valence-corrected chi connectivity index (χ4v) is 1.78. The van der Waals surface area contributed by atoms with E-state index in [0.29, 0.717) is 0 Å². The molecule has 0 unspecified atom stereocenters. The molecule has 1 heterocycles. The summed E-state index contributed by atoms with van der Waals surface area (Å²) in [6, 6.07) is 9.02. The minimum atomic E-state index is -0.799. The van der Waals surface area contributed by atoms with E-state index < -0.39 is 6.10 Å². The van der Waals surface area contributed by atoms with Crippen LogP contribution >= 0.6 is 0 Å². The van der Waals surface area contributed by atoms with Gasteiger partial charge in [0.25, 0.3) is 0 Å². The number of likely N-dealkylation sites (tertiary alicyclic amines) is 1. The number of imide groups is 1. The van der Waals surface area contributed by atoms with Gasteiger partial charge in [-0.25, -0.2) is 0 Å². The van der Waals surface area contributed by atoms with E-state index >= 15 is 0 Å². The summed E-state index contributed by atoms with van der Waals surface area (Å²) < 4.78 is 0. The molecule has 1 N–H and O–H groups in total. The normalized spacial score (nSPS) is 17.9. The van der Waals surface area contributed by atoms with E-state index in [-0.39, 0.29) is 31.2 Å². The zero-order valence-corrected chi connectivity index (χ0v) is 8.80. The highest BCUT2D eigenvalue weighted by atomic mass is 16.3. The average molecular weight is 219 g/mol. The first kappa shape index (κ1) is 10.8. The number of nitrogens with zero attached hydrogens (tertiary/aromatic N) is 1. The minimum Gasteiger partial charge on any atom is -0.387 e. The van der Waals surface area contributed by atoms with Crippen LogP contribution in [0.15, 0.2) is 30.3 Å². The van der Waals surface area contributed by atoms with Crippen molar-refractivity contribution in [2.75, 3.05) is 6.54 Å². The Morgan fingerprint density at radius 1 is 1.12 bits per heavy atom. The van der Waals surface area contributed by atoms with Gasteiger partial charge in [0.05, 0.1) is 12.6 Å². The highest BCUT2D eigenvalue weighted by molar-refractivity contribution is 6.01. The van der Waals surface area contributed by atoms with Gasteiger partial charge in [0.2, 0.25) is 11.8 Å². The van der Waals surface area contributed by atoms with Crippen LogP contribution in [0.2, 0.25) is 0 Å². The maximum Gasteiger partial charge on any atom is 0.229 e. The first-order valence-corrected chi connectivity index (χ1v) is 5.24. The van der Waals surface area contributed by atoms with Crippen LogP contribution in [0.1, 0.15) is 24.5 Å². The van der Waals surface area contributed by atoms with Gasteiger partial charge in [-0.3, -0.25) is 14.5 Å². The highest BCUT2D eigenvalue weighted by Gasteiger charge is 2.30. The number of amides is 2. The molecule has 0 aromatic heterocycles. The van der Waals surface area contributed by atoms with Crippen LogP contribution in [0.3, 0.4) is 0 Å². The molecule has 0 bridgehead atoms. The molecular formula is C12H13NO3. The molecule has 0 spiro atoms. The molecule has 1 saturated heterocycles. The second-order valence-corrected chi connectivity index (χ2v) is 3.82. The molecule has 1 aliphatic heterocycles. The van der Waals surface area contributed by atoms with E-state index in [1.807, 2.05) is 18.2 Å². The number of carbonyl (C=O) groups is 2. The molecule has 16 heavy (non-hydrogen) atoms. The molecule has 0 aliphatic carbocycles. The third-order valence-corrected chi connectivity index (χ3v) is 2.69. The summed E-state index contributed by atoms with van der Waals surface area (Å²) in [5, 5.41) is 9.87. The second kappa shape index (κ2) is 4.45. The summed E-state index contributed by atoms with van der Waals surface area (Å²) in [6.45, 7) is 0.0572. The maximum absolute atomic E-state index is 11.3. The van der Waals surface area contributed by atoms with Crippen LogP contribution in [0.25, 0.3) is 0 Å². The van der Waals surface area contributed by atoms with Crippen molar-refractivity contribution in [3.05, 3.63) is 35.9 Å². The Hall–Kier alpha value is -1.68. The summed E-state index contributed by atoms with van der Waals surface area (Å²) >= 11 is 0. The Bertz CT molecular complexity index is 386. The number of aliphatic hydroxyl groups is 1. The van der Waals surface area contributed by atoms with Crippen molar-refractivity contribution in [2.45, 2.75) is 18.9 Å². The molecule has 1 fully saturated rings. The molecule has 84 valence electrons. The first-order chi connectivity index (χ1) is 7.68. The van der Waals surface area contributed by atoms with E-state index in [2.05, 4.69) is 0 Å². The van der Waals surface area contributed by atoms with E-state index in [9.17, 15) is 14.7 Å². The van der Waals surface area contributed by atoms with Crippen molar-refractivity contribution in [3.8, 4) is 0 Å². The van der Waals surface area contributed by atoms with E-state index in [0.717, 1.165) is 10.5 Å². The van der Waals surface area contributed by atoms with Gasteiger partial charge in [-0.05, 0) is 5.56 Å². The smallest absolute Gasteiger partial charge is 0.229 e. The number of β-amino-alcohol motifs (C(OH)–C–C–N with tert-alkyl or cyclic N) is 1. The molecule has 1 atom stereocenters. The molecule has 4 nitrogen and oxygen atoms in total. The number of carbonyl (C=O) groups excluding carboxylic acids is 2. The van der Waals surface area contributed by atoms with Crippen LogP contribution in [0, 0.1) is 0 Å². The largest absolute Gasteiger partial charge is 0.387 e. The number of aliphatic hydroxyl groups excluding tert-OH is 1. The molecule has 1 aliphatic rings. The summed E-state index contributed by atoms with van der Waals surface area (Å²) in [6.07, 6.45) is -0.270. The van der Waals surface area contributed by atoms with Crippen LogP contribution in [-0.4, -0.2) is 28.4 Å². The lowest BCUT2D eigenvalue weighted by Crippen LogP contribution is -2.33. The standard InChI is InChI=1S/C12H13NO3/c14-10(9-4-2-1-3-5-9)8-13-11(15)6-7-12(13)16/h1-5,10,14H,6-8H2/t10-/m1/s1. The maximum atomic E-state index is 11.3.